The molecule has 3 unspecified atom stereocenters. The van der Waals surface area contributed by atoms with E-state index in [1.165, 1.54) is 25.3 Å². The summed E-state index contributed by atoms with van der Waals surface area (Å²) >= 11 is 0. The highest BCUT2D eigenvalue weighted by Gasteiger charge is 2.24. The van der Waals surface area contributed by atoms with E-state index in [2.05, 4.69) is 19.2 Å². The van der Waals surface area contributed by atoms with E-state index in [0.717, 1.165) is 5.92 Å². The van der Waals surface area contributed by atoms with Crippen LogP contribution >= 0.6 is 0 Å². The van der Waals surface area contributed by atoms with Gasteiger partial charge < -0.3 is 10.4 Å². The Morgan fingerprint density at radius 1 is 1.33 bits per heavy atom. The number of aromatic hydroxyl groups is 1. The first-order valence-electron chi connectivity index (χ1n) is 6.77. The largest absolute Gasteiger partial charge is 0.505 e. The predicted octanol–water partition coefficient (Wildman–Crippen LogP) is 3.45. The summed E-state index contributed by atoms with van der Waals surface area (Å²) in [5, 5.41) is 13.1. The van der Waals surface area contributed by atoms with Gasteiger partial charge >= 0.3 is 0 Å². The quantitative estimate of drug-likeness (QED) is 0.862. The lowest BCUT2D eigenvalue weighted by Gasteiger charge is -2.33. The van der Waals surface area contributed by atoms with Gasteiger partial charge in [-0.15, -0.1) is 0 Å². The fourth-order valence-corrected chi connectivity index (χ4v) is 2.91. The number of phenolic OH excluding ortho intramolecular Hbond substituents is 1. The molecular formula is C15H22FNO. The van der Waals surface area contributed by atoms with Crippen LogP contribution in [0.15, 0.2) is 18.2 Å². The van der Waals surface area contributed by atoms with Crippen molar-refractivity contribution < 1.29 is 9.50 Å². The Labute approximate surface area is 108 Å². The Kier molecular flexibility index (Phi) is 4.23. The molecule has 3 atom stereocenters. The van der Waals surface area contributed by atoms with Gasteiger partial charge in [-0.05, 0) is 37.2 Å². The van der Waals surface area contributed by atoms with Crippen molar-refractivity contribution in [3.8, 4) is 5.75 Å². The number of benzene rings is 1. The van der Waals surface area contributed by atoms with Gasteiger partial charge in [-0.25, -0.2) is 4.39 Å². The van der Waals surface area contributed by atoms with Crippen molar-refractivity contribution in [1.29, 1.82) is 0 Å². The maximum atomic E-state index is 13.2. The molecule has 1 saturated carbocycles. The summed E-state index contributed by atoms with van der Waals surface area (Å²) in [4.78, 5) is 0. The average molecular weight is 251 g/mol. The SMILES string of the molecule is CC1CCC(NCc2cccc(F)c2O)C(C)C1. The van der Waals surface area contributed by atoms with Crippen molar-refractivity contribution in [2.75, 3.05) is 0 Å². The summed E-state index contributed by atoms with van der Waals surface area (Å²) in [6.45, 7) is 5.09. The third-order valence-corrected chi connectivity index (χ3v) is 4.06. The molecule has 3 heteroatoms. The zero-order valence-electron chi connectivity index (χ0n) is 11.1. The Hall–Kier alpha value is -1.09. The van der Waals surface area contributed by atoms with Crippen LogP contribution in [0.3, 0.4) is 0 Å². The number of rotatable bonds is 3. The van der Waals surface area contributed by atoms with Crippen molar-refractivity contribution in [2.24, 2.45) is 11.8 Å². The highest BCUT2D eigenvalue weighted by molar-refractivity contribution is 5.33. The van der Waals surface area contributed by atoms with Gasteiger partial charge in [-0.3, -0.25) is 0 Å². The zero-order valence-corrected chi connectivity index (χ0v) is 11.1. The molecule has 2 N–H and O–H groups in total. The van der Waals surface area contributed by atoms with Crippen molar-refractivity contribution in [3.05, 3.63) is 29.6 Å². The van der Waals surface area contributed by atoms with E-state index in [1.54, 1.807) is 12.1 Å². The predicted molar refractivity (Wildman–Crippen MR) is 70.9 cm³/mol. The van der Waals surface area contributed by atoms with Gasteiger partial charge in [0, 0.05) is 18.2 Å². The van der Waals surface area contributed by atoms with Crippen LogP contribution in [0, 0.1) is 17.7 Å². The van der Waals surface area contributed by atoms with Crippen molar-refractivity contribution in [2.45, 2.75) is 45.7 Å². The minimum atomic E-state index is -0.542. The van der Waals surface area contributed by atoms with Gasteiger partial charge in [-0.2, -0.15) is 0 Å². The van der Waals surface area contributed by atoms with Crippen LogP contribution in [0.4, 0.5) is 4.39 Å². The third kappa shape index (κ3) is 3.02. The normalized spacial score (nSPS) is 28.3. The first-order valence-corrected chi connectivity index (χ1v) is 6.77. The lowest BCUT2D eigenvalue weighted by atomic mass is 9.80. The molecule has 0 radical (unpaired) electrons. The number of hydrogen-bond donors (Lipinski definition) is 2. The van der Waals surface area contributed by atoms with Crippen LogP contribution in [0.25, 0.3) is 0 Å². The zero-order chi connectivity index (χ0) is 13.1. The molecule has 2 rings (SSSR count). The number of phenols is 1. The Balaban J connectivity index is 1.93. The lowest BCUT2D eigenvalue weighted by Crippen LogP contribution is -2.38. The molecule has 2 nitrogen and oxygen atoms in total. The van der Waals surface area contributed by atoms with E-state index in [9.17, 15) is 9.50 Å². The second kappa shape index (κ2) is 5.70. The van der Waals surface area contributed by atoms with Crippen LogP contribution in [0.1, 0.15) is 38.7 Å². The molecule has 100 valence electrons. The summed E-state index contributed by atoms with van der Waals surface area (Å²) in [6, 6.07) is 5.16. The minimum Gasteiger partial charge on any atom is -0.505 e. The molecule has 1 aliphatic rings. The number of hydrogen-bond acceptors (Lipinski definition) is 2. The number of halogens is 1. The highest BCUT2D eigenvalue weighted by atomic mass is 19.1. The van der Waals surface area contributed by atoms with Gasteiger partial charge in [0.15, 0.2) is 11.6 Å². The van der Waals surface area contributed by atoms with Crippen LogP contribution in [-0.4, -0.2) is 11.1 Å². The van der Waals surface area contributed by atoms with Crippen molar-refractivity contribution in [1.82, 2.24) is 5.32 Å². The molecule has 0 bridgehead atoms. The van der Waals surface area contributed by atoms with Crippen LogP contribution in [-0.2, 0) is 6.54 Å². The molecule has 1 aliphatic carbocycles. The molecule has 1 aromatic rings. The standard InChI is InChI=1S/C15H22FNO/c1-10-6-7-14(11(2)8-10)17-9-12-4-3-5-13(16)15(12)18/h3-5,10-11,14,17-18H,6-9H2,1-2H3. The monoisotopic (exact) mass is 251 g/mol. The Morgan fingerprint density at radius 3 is 2.83 bits per heavy atom. The van der Waals surface area contributed by atoms with E-state index in [1.807, 2.05) is 0 Å². The maximum absolute atomic E-state index is 13.2. The second-order valence-corrected chi connectivity index (χ2v) is 5.63. The Bertz CT molecular complexity index is 407. The maximum Gasteiger partial charge on any atom is 0.165 e. The van der Waals surface area contributed by atoms with Gasteiger partial charge in [0.05, 0.1) is 0 Å². The molecule has 0 spiro atoms. The van der Waals surface area contributed by atoms with Gasteiger partial charge in [0.2, 0.25) is 0 Å². The smallest absolute Gasteiger partial charge is 0.165 e. The van der Waals surface area contributed by atoms with Gasteiger partial charge in [-0.1, -0.05) is 26.0 Å². The van der Waals surface area contributed by atoms with Gasteiger partial charge in [0.25, 0.3) is 0 Å². The molecule has 18 heavy (non-hydrogen) atoms. The Morgan fingerprint density at radius 2 is 2.11 bits per heavy atom. The highest BCUT2D eigenvalue weighted by Crippen LogP contribution is 2.29. The van der Waals surface area contributed by atoms with E-state index in [-0.39, 0.29) is 5.75 Å². The third-order valence-electron chi connectivity index (χ3n) is 4.06. The lowest BCUT2D eigenvalue weighted by molar-refractivity contribution is 0.226. The van der Waals surface area contributed by atoms with Crippen molar-refractivity contribution >= 4 is 0 Å². The molecule has 1 aromatic carbocycles. The average Bonchev–Trinajstić information content (AvgIpc) is 2.33. The van der Waals surface area contributed by atoms with Crippen LogP contribution < -0.4 is 5.32 Å². The molecule has 1 fully saturated rings. The van der Waals surface area contributed by atoms with Crippen molar-refractivity contribution in [3.63, 3.8) is 0 Å². The van der Waals surface area contributed by atoms with E-state index < -0.39 is 5.82 Å². The summed E-state index contributed by atoms with van der Waals surface area (Å²) in [5.74, 6) is 0.687. The fourth-order valence-electron chi connectivity index (χ4n) is 2.91. The van der Waals surface area contributed by atoms with Crippen LogP contribution in [0.5, 0.6) is 5.75 Å². The molecule has 0 saturated heterocycles. The minimum absolute atomic E-state index is 0.221. The molecular weight excluding hydrogens is 229 g/mol. The summed E-state index contributed by atoms with van der Waals surface area (Å²) in [6.07, 6.45) is 3.66. The molecule has 0 heterocycles. The molecule has 0 amide bonds. The first kappa shape index (κ1) is 13.3. The van der Waals surface area contributed by atoms with Gasteiger partial charge in [0.1, 0.15) is 0 Å². The topological polar surface area (TPSA) is 32.3 Å². The van der Waals surface area contributed by atoms with E-state index >= 15 is 0 Å². The first-order chi connectivity index (χ1) is 8.58. The molecule has 0 aromatic heterocycles. The number of nitrogens with one attached hydrogen (secondary N) is 1. The summed E-state index contributed by atoms with van der Waals surface area (Å²) in [5.41, 5.74) is 0.640. The summed E-state index contributed by atoms with van der Waals surface area (Å²) in [7, 11) is 0. The van der Waals surface area contributed by atoms with E-state index in [4.69, 9.17) is 0 Å². The fraction of sp³-hybridized carbons (Fsp3) is 0.600. The van der Waals surface area contributed by atoms with E-state index in [0.29, 0.717) is 24.1 Å². The number of para-hydroxylation sites is 1. The van der Waals surface area contributed by atoms with Crippen LogP contribution in [0.2, 0.25) is 0 Å². The summed E-state index contributed by atoms with van der Waals surface area (Å²) < 4.78 is 13.2. The second-order valence-electron chi connectivity index (χ2n) is 5.63. The molecule has 0 aliphatic heterocycles.